The average molecular weight is 233 g/mol. The molecular formula is C13H12FNO2. The van der Waals surface area contributed by atoms with Crippen LogP contribution in [0.2, 0.25) is 0 Å². The van der Waals surface area contributed by atoms with Crippen molar-refractivity contribution in [1.29, 1.82) is 0 Å². The van der Waals surface area contributed by atoms with Crippen LogP contribution in [0.5, 0.6) is 5.75 Å². The fourth-order valence-corrected chi connectivity index (χ4v) is 1.60. The summed E-state index contributed by atoms with van der Waals surface area (Å²) in [5.74, 6) is 0.228. The molecule has 88 valence electrons. The maximum Gasteiger partial charge on any atom is 0.137 e. The van der Waals surface area contributed by atoms with Crippen molar-refractivity contribution >= 4 is 0 Å². The molecule has 4 heteroatoms. The molecule has 0 unspecified atom stereocenters. The highest BCUT2D eigenvalue weighted by Gasteiger charge is 2.04. The van der Waals surface area contributed by atoms with Gasteiger partial charge in [0.1, 0.15) is 11.6 Å². The molecule has 0 saturated heterocycles. The second kappa shape index (κ2) is 4.93. The van der Waals surface area contributed by atoms with Gasteiger partial charge in [0.2, 0.25) is 0 Å². The van der Waals surface area contributed by atoms with Crippen LogP contribution in [0.15, 0.2) is 36.7 Å². The highest BCUT2D eigenvalue weighted by molar-refractivity contribution is 5.64. The van der Waals surface area contributed by atoms with Crippen molar-refractivity contribution < 1.29 is 14.2 Å². The van der Waals surface area contributed by atoms with Crippen LogP contribution in [0, 0.1) is 5.82 Å². The third-order valence-electron chi connectivity index (χ3n) is 2.42. The van der Waals surface area contributed by atoms with Gasteiger partial charge in [0.15, 0.2) is 0 Å². The third kappa shape index (κ3) is 2.60. The van der Waals surface area contributed by atoms with Crippen LogP contribution in [0.3, 0.4) is 0 Å². The summed E-state index contributed by atoms with van der Waals surface area (Å²) in [6.07, 6.45) is 3.20. The van der Waals surface area contributed by atoms with Gasteiger partial charge >= 0.3 is 0 Å². The zero-order chi connectivity index (χ0) is 12.3. The minimum atomic E-state index is -0.380. The molecule has 1 aromatic heterocycles. The number of hydrogen-bond donors (Lipinski definition) is 1. The first kappa shape index (κ1) is 11.5. The van der Waals surface area contributed by atoms with Crippen molar-refractivity contribution in [2.24, 2.45) is 0 Å². The molecule has 1 N–H and O–H groups in total. The van der Waals surface area contributed by atoms with Crippen molar-refractivity contribution in [3.63, 3.8) is 0 Å². The van der Waals surface area contributed by atoms with E-state index in [1.54, 1.807) is 31.6 Å². The molecule has 0 saturated carbocycles. The summed E-state index contributed by atoms with van der Waals surface area (Å²) in [6.45, 7) is -0.192. The van der Waals surface area contributed by atoms with Gasteiger partial charge in [-0.2, -0.15) is 0 Å². The van der Waals surface area contributed by atoms with Crippen molar-refractivity contribution in [2.45, 2.75) is 6.61 Å². The lowest BCUT2D eigenvalue weighted by atomic mass is 10.0. The monoisotopic (exact) mass is 233 g/mol. The van der Waals surface area contributed by atoms with Gasteiger partial charge < -0.3 is 9.84 Å². The lowest BCUT2D eigenvalue weighted by molar-refractivity contribution is 0.281. The lowest BCUT2D eigenvalue weighted by Crippen LogP contribution is -1.90. The number of methoxy groups -OCH3 is 1. The number of halogens is 1. The van der Waals surface area contributed by atoms with Crippen LogP contribution in [-0.4, -0.2) is 17.2 Å². The Balaban J connectivity index is 2.47. The van der Waals surface area contributed by atoms with Gasteiger partial charge in [-0.1, -0.05) is 0 Å². The zero-order valence-corrected chi connectivity index (χ0v) is 9.35. The predicted octanol–water partition coefficient (Wildman–Crippen LogP) is 2.39. The van der Waals surface area contributed by atoms with Gasteiger partial charge in [-0.05, 0) is 35.4 Å². The molecule has 2 aromatic rings. The van der Waals surface area contributed by atoms with E-state index in [1.165, 1.54) is 12.1 Å². The molecule has 0 atom stereocenters. The molecule has 3 nitrogen and oxygen atoms in total. The van der Waals surface area contributed by atoms with E-state index in [1.807, 2.05) is 0 Å². The Kier molecular flexibility index (Phi) is 3.35. The molecule has 0 fully saturated rings. The quantitative estimate of drug-likeness (QED) is 0.885. The van der Waals surface area contributed by atoms with Gasteiger partial charge in [0.25, 0.3) is 0 Å². The van der Waals surface area contributed by atoms with E-state index in [0.29, 0.717) is 16.9 Å². The Morgan fingerprint density at radius 2 is 2.00 bits per heavy atom. The number of benzene rings is 1. The normalized spacial score (nSPS) is 10.3. The largest absolute Gasteiger partial charge is 0.495 e. The number of aliphatic hydroxyl groups is 1. The summed E-state index contributed by atoms with van der Waals surface area (Å²) in [5.41, 5.74) is 1.95. The summed E-state index contributed by atoms with van der Waals surface area (Å²) in [7, 11) is 1.55. The molecule has 0 aliphatic rings. The highest BCUT2D eigenvalue weighted by Crippen LogP contribution is 2.24. The van der Waals surface area contributed by atoms with E-state index >= 15 is 0 Å². The van der Waals surface area contributed by atoms with E-state index < -0.39 is 0 Å². The number of hydrogen-bond acceptors (Lipinski definition) is 3. The van der Waals surface area contributed by atoms with E-state index in [9.17, 15) is 4.39 Å². The lowest BCUT2D eigenvalue weighted by Gasteiger charge is -2.06. The zero-order valence-electron chi connectivity index (χ0n) is 9.35. The Bertz CT molecular complexity index is 529. The summed E-state index contributed by atoms with van der Waals surface area (Å²) in [6, 6.07) is 6.19. The van der Waals surface area contributed by atoms with Gasteiger partial charge in [-0.15, -0.1) is 0 Å². The number of ether oxygens (including phenoxy) is 1. The summed E-state index contributed by atoms with van der Waals surface area (Å²) in [4.78, 5) is 4.01. The molecule has 0 bridgehead atoms. The molecule has 0 aliphatic carbocycles. The minimum Gasteiger partial charge on any atom is -0.495 e. The van der Waals surface area contributed by atoms with Crippen LogP contribution in [-0.2, 0) is 6.61 Å². The third-order valence-corrected chi connectivity index (χ3v) is 2.42. The smallest absolute Gasteiger partial charge is 0.137 e. The number of nitrogens with zero attached hydrogens (tertiary/aromatic N) is 1. The van der Waals surface area contributed by atoms with Gasteiger partial charge in [-0.25, -0.2) is 4.39 Å². The van der Waals surface area contributed by atoms with E-state index in [-0.39, 0.29) is 12.4 Å². The molecule has 1 heterocycles. The van der Waals surface area contributed by atoms with Crippen LogP contribution < -0.4 is 4.74 Å². The first-order valence-corrected chi connectivity index (χ1v) is 5.12. The van der Waals surface area contributed by atoms with Crippen molar-refractivity contribution in [1.82, 2.24) is 4.98 Å². The number of aromatic nitrogens is 1. The summed E-state index contributed by atoms with van der Waals surface area (Å²) < 4.78 is 18.4. The average Bonchev–Trinajstić information content (AvgIpc) is 2.38. The first-order valence-electron chi connectivity index (χ1n) is 5.12. The highest BCUT2D eigenvalue weighted by atomic mass is 19.1. The molecule has 1 aromatic carbocycles. The van der Waals surface area contributed by atoms with Crippen LogP contribution >= 0.6 is 0 Å². The Morgan fingerprint density at radius 1 is 1.18 bits per heavy atom. The summed E-state index contributed by atoms with van der Waals surface area (Å²) in [5, 5.41) is 9.03. The standard InChI is InChI=1S/C13H12FNO2/c1-17-13-5-11(6-15-7-13)10-2-9(8-16)3-12(14)4-10/h2-7,16H,8H2,1H3. The van der Waals surface area contributed by atoms with Gasteiger partial charge in [-0.3, -0.25) is 4.98 Å². The van der Waals surface area contributed by atoms with E-state index in [4.69, 9.17) is 9.84 Å². The Hall–Kier alpha value is -1.94. The molecule has 0 radical (unpaired) electrons. The topological polar surface area (TPSA) is 42.4 Å². The number of aliphatic hydroxyl groups excluding tert-OH is 1. The summed E-state index contributed by atoms with van der Waals surface area (Å²) >= 11 is 0. The predicted molar refractivity (Wildman–Crippen MR) is 62.1 cm³/mol. The second-order valence-electron chi connectivity index (χ2n) is 3.62. The number of rotatable bonds is 3. The molecular weight excluding hydrogens is 221 g/mol. The van der Waals surface area contributed by atoms with Crippen LogP contribution in [0.4, 0.5) is 4.39 Å². The van der Waals surface area contributed by atoms with E-state index in [0.717, 1.165) is 5.56 Å². The molecule has 2 rings (SSSR count). The van der Waals surface area contributed by atoms with Crippen molar-refractivity contribution in [2.75, 3.05) is 7.11 Å². The van der Waals surface area contributed by atoms with Gasteiger partial charge in [0, 0.05) is 11.8 Å². The molecule has 17 heavy (non-hydrogen) atoms. The fourth-order valence-electron chi connectivity index (χ4n) is 1.60. The van der Waals surface area contributed by atoms with Crippen LogP contribution in [0.25, 0.3) is 11.1 Å². The Morgan fingerprint density at radius 3 is 2.71 bits per heavy atom. The van der Waals surface area contributed by atoms with Crippen molar-refractivity contribution in [3.05, 3.63) is 48.0 Å². The fraction of sp³-hybridized carbons (Fsp3) is 0.154. The van der Waals surface area contributed by atoms with E-state index in [2.05, 4.69) is 4.98 Å². The van der Waals surface area contributed by atoms with Crippen molar-refractivity contribution in [3.8, 4) is 16.9 Å². The van der Waals surface area contributed by atoms with Crippen LogP contribution in [0.1, 0.15) is 5.56 Å². The Labute approximate surface area is 98.5 Å². The molecule has 0 spiro atoms. The first-order chi connectivity index (χ1) is 8.22. The molecule has 0 aliphatic heterocycles. The molecule has 0 amide bonds. The van der Waals surface area contributed by atoms with Gasteiger partial charge in [0.05, 0.1) is 19.9 Å². The maximum atomic E-state index is 13.3. The minimum absolute atomic E-state index is 0.192. The second-order valence-corrected chi connectivity index (χ2v) is 3.62. The maximum absolute atomic E-state index is 13.3. The SMILES string of the molecule is COc1cncc(-c2cc(F)cc(CO)c2)c1. The number of pyridine rings is 1.